The largest absolute Gasteiger partial charge is 0.416 e. The van der Waals surface area contributed by atoms with E-state index in [1.165, 1.54) is 17.0 Å². The number of rotatable bonds is 5. The first-order valence-electron chi connectivity index (χ1n) is 10.5. The molecule has 2 saturated heterocycles. The summed E-state index contributed by atoms with van der Waals surface area (Å²) >= 11 is 0. The fourth-order valence-electron chi connectivity index (χ4n) is 4.06. The minimum atomic E-state index is -4.50. The molecule has 1 atom stereocenters. The fraction of sp³-hybridized carbons (Fsp3) is 0.571. The zero-order chi connectivity index (χ0) is 22.2. The quantitative estimate of drug-likeness (QED) is 0.756. The number of carbonyl (C=O) groups excluding carboxylic acids is 3. The van der Waals surface area contributed by atoms with Gasteiger partial charge in [-0.15, -0.1) is 0 Å². The Morgan fingerprint density at radius 1 is 1.10 bits per heavy atom. The van der Waals surface area contributed by atoms with Gasteiger partial charge in [0.2, 0.25) is 17.7 Å². The van der Waals surface area contributed by atoms with Crippen molar-refractivity contribution in [3.8, 4) is 0 Å². The van der Waals surface area contributed by atoms with E-state index in [-0.39, 0.29) is 36.4 Å². The predicted molar refractivity (Wildman–Crippen MR) is 106 cm³/mol. The summed E-state index contributed by atoms with van der Waals surface area (Å²) < 4.78 is 38.9. The van der Waals surface area contributed by atoms with Crippen LogP contribution in [-0.4, -0.2) is 72.8 Å². The molecule has 3 amide bonds. The van der Waals surface area contributed by atoms with Gasteiger partial charge in [-0.25, -0.2) is 0 Å². The third-order valence-electron chi connectivity index (χ3n) is 5.95. The summed E-state index contributed by atoms with van der Waals surface area (Å²) in [6.07, 6.45) is -2.44. The molecule has 31 heavy (non-hydrogen) atoms. The van der Waals surface area contributed by atoms with E-state index in [0.29, 0.717) is 38.8 Å². The SMILES string of the molecule is O=C(CN1CCN(C(=O)C2CC(=O)N(c3cccc(C(F)(F)F)c3)C2)CC1)NC1CC1. The van der Waals surface area contributed by atoms with Crippen LogP contribution in [0.2, 0.25) is 0 Å². The zero-order valence-electron chi connectivity index (χ0n) is 17.0. The van der Waals surface area contributed by atoms with Crippen LogP contribution in [0.4, 0.5) is 18.9 Å². The van der Waals surface area contributed by atoms with Gasteiger partial charge in [0.1, 0.15) is 0 Å². The third kappa shape index (κ3) is 5.17. The molecule has 1 N–H and O–H groups in total. The highest BCUT2D eigenvalue weighted by molar-refractivity contribution is 6.00. The first-order valence-corrected chi connectivity index (χ1v) is 10.5. The number of hydrogen-bond acceptors (Lipinski definition) is 4. The maximum atomic E-state index is 13.0. The summed E-state index contributed by atoms with van der Waals surface area (Å²) in [6.45, 7) is 2.45. The Hall–Kier alpha value is -2.62. The summed E-state index contributed by atoms with van der Waals surface area (Å²) in [6, 6.07) is 4.92. The number of anilines is 1. The monoisotopic (exact) mass is 438 g/mol. The summed E-state index contributed by atoms with van der Waals surface area (Å²) in [5.74, 6) is -1.09. The molecule has 1 aromatic carbocycles. The summed E-state index contributed by atoms with van der Waals surface area (Å²) in [5.41, 5.74) is -0.670. The van der Waals surface area contributed by atoms with Crippen LogP contribution in [0.5, 0.6) is 0 Å². The molecule has 4 rings (SSSR count). The predicted octanol–water partition coefficient (Wildman–Crippen LogP) is 1.48. The molecule has 1 saturated carbocycles. The maximum Gasteiger partial charge on any atom is 0.416 e. The lowest BCUT2D eigenvalue weighted by atomic mass is 10.1. The van der Waals surface area contributed by atoms with Crippen LogP contribution in [0.1, 0.15) is 24.8 Å². The van der Waals surface area contributed by atoms with Gasteiger partial charge in [0, 0.05) is 50.9 Å². The van der Waals surface area contributed by atoms with Gasteiger partial charge in [-0.1, -0.05) is 6.07 Å². The molecule has 3 aliphatic rings. The van der Waals surface area contributed by atoms with Gasteiger partial charge >= 0.3 is 6.18 Å². The summed E-state index contributed by atoms with van der Waals surface area (Å²) in [4.78, 5) is 42.2. The molecule has 3 fully saturated rings. The van der Waals surface area contributed by atoms with Crippen LogP contribution in [-0.2, 0) is 20.6 Å². The van der Waals surface area contributed by atoms with Crippen LogP contribution in [0.3, 0.4) is 0 Å². The lowest BCUT2D eigenvalue weighted by Gasteiger charge is -2.35. The molecule has 7 nitrogen and oxygen atoms in total. The summed E-state index contributed by atoms with van der Waals surface area (Å²) in [5, 5.41) is 2.94. The van der Waals surface area contributed by atoms with E-state index in [0.717, 1.165) is 25.0 Å². The normalized spacial score (nSPS) is 22.7. The third-order valence-corrected chi connectivity index (χ3v) is 5.95. The first kappa shape index (κ1) is 21.6. The highest BCUT2D eigenvalue weighted by atomic mass is 19.4. The average molecular weight is 438 g/mol. The van der Waals surface area contributed by atoms with Crippen LogP contribution in [0.15, 0.2) is 24.3 Å². The molecule has 1 unspecified atom stereocenters. The van der Waals surface area contributed by atoms with Gasteiger partial charge in [-0.05, 0) is 31.0 Å². The highest BCUT2D eigenvalue weighted by Crippen LogP contribution is 2.33. The maximum absolute atomic E-state index is 13.0. The van der Waals surface area contributed by atoms with Gasteiger partial charge in [-0.2, -0.15) is 13.2 Å². The van der Waals surface area contributed by atoms with E-state index >= 15 is 0 Å². The number of halogens is 3. The number of hydrogen-bond donors (Lipinski definition) is 1. The van der Waals surface area contributed by atoms with Crippen LogP contribution in [0, 0.1) is 5.92 Å². The smallest absolute Gasteiger partial charge is 0.352 e. The molecular formula is C21H25F3N4O3. The second kappa shape index (κ2) is 8.49. The Balaban J connectivity index is 1.31. The fourth-order valence-corrected chi connectivity index (χ4v) is 4.06. The number of alkyl halides is 3. The van der Waals surface area contributed by atoms with Crippen molar-refractivity contribution < 1.29 is 27.6 Å². The van der Waals surface area contributed by atoms with Crippen molar-refractivity contribution in [1.29, 1.82) is 0 Å². The standard InChI is InChI=1S/C21H25F3N4O3/c22-21(23,24)15-2-1-3-17(11-15)28-12-14(10-19(28)30)20(31)27-8-6-26(7-9-27)13-18(29)25-16-4-5-16/h1-3,11,14,16H,4-10,12-13H2,(H,25,29). The minimum absolute atomic E-state index is 0.000366. The number of amides is 3. The van der Waals surface area contributed by atoms with Crippen molar-refractivity contribution in [2.45, 2.75) is 31.5 Å². The molecule has 2 aliphatic heterocycles. The zero-order valence-corrected chi connectivity index (χ0v) is 17.0. The Bertz CT molecular complexity index is 864. The second-order valence-corrected chi connectivity index (χ2v) is 8.40. The molecule has 0 radical (unpaired) electrons. The second-order valence-electron chi connectivity index (χ2n) is 8.40. The summed E-state index contributed by atoms with van der Waals surface area (Å²) in [7, 11) is 0. The Morgan fingerprint density at radius 2 is 1.81 bits per heavy atom. The number of carbonyl (C=O) groups is 3. The molecule has 0 aromatic heterocycles. The molecule has 10 heteroatoms. The van der Waals surface area contributed by atoms with Crippen LogP contribution >= 0.6 is 0 Å². The van der Waals surface area contributed by atoms with Gasteiger partial charge in [0.05, 0.1) is 18.0 Å². The minimum Gasteiger partial charge on any atom is -0.352 e. The van der Waals surface area contributed by atoms with Crippen molar-refractivity contribution in [2.75, 3.05) is 44.2 Å². The molecule has 168 valence electrons. The number of piperazine rings is 1. The van der Waals surface area contributed by atoms with Crippen molar-refractivity contribution >= 4 is 23.4 Å². The Labute approximate surface area is 178 Å². The van der Waals surface area contributed by atoms with Gasteiger partial charge in [0.25, 0.3) is 0 Å². The number of nitrogens with zero attached hydrogens (tertiary/aromatic N) is 3. The highest BCUT2D eigenvalue weighted by Gasteiger charge is 2.39. The van der Waals surface area contributed by atoms with E-state index in [9.17, 15) is 27.6 Å². The lowest BCUT2D eigenvalue weighted by molar-refractivity contribution is -0.138. The van der Waals surface area contributed by atoms with E-state index in [2.05, 4.69) is 5.32 Å². The Kier molecular flexibility index (Phi) is 5.92. The number of nitrogens with one attached hydrogen (secondary N) is 1. The van der Waals surface area contributed by atoms with Crippen molar-refractivity contribution in [3.05, 3.63) is 29.8 Å². The van der Waals surface area contributed by atoms with E-state index in [4.69, 9.17) is 0 Å². The topological polar surface area (TPSA) is 73.0 Å². The van der Waals surface area contributed by atoms with Gasteiger partial charge < -0.3 is 15.1 Å². The molecule has 1 aromatic rings. The van der Waals surface area contributed by atoms with Gasteiger partial charge in [0.15, 0.2) is 0 Å². The Morgan fingerprint density at radius 3 is 2.45 bits per heavy atom. The van der Waals surface area contributed by atoms with Gasteiger partial charge in [-0.3, -0.25) is 19.3 Å². The molecule has 1 aliphatic carbocycles. The van der Waals surface area contributed by atoms with Crippen molar-refractivity contribution in [3.63, 3.8) is 0 Å². The number of benzene rings is 1. The molecule has 2 heterocycles. The molecule has 0 spiro atoms. The van der Waals surface area contributed by atoms with E-state index in [1.807, 2.05) is 4.90 Å². The van der Waals surface area contributed by atoms with Crippen molar-refractivity contribution in [1.82, 2.24) is 15.1 Å². The van der Waals surface area contributed by atoms with Crippen LogP contribution < -0.4 is 10.2 Å². The van der Waals surface area contributed by atoms with Crippen LogP contribution in [0.25, 0.3) is 0 Å². The average Bonchev–Trinajstić information content (AvgIpc) is 3.45. The molecular weight excluding hydrogens is 413 g/mol. The lowest BCUT2D eigenvalue weighted by Crippen LogP contribution is -2.52. The van der Waals surface area contributed by atoms with Crippen molar-refractivity contribution in [2.24, 2.45) is 5.92 Å². The first-order chi connectivity index (χ1) is 14.7. The van der Waals surface area contributed by atoms with E-state index in [1.54, 1.807) is 4.90 Å². The molecule has 0 bridgehead atoms. The van der Waals surface area contributed by atoms with E-state index < -0.39 is 17.7 Å².